The lowest BCUT2D eigenvalue weighted by Crippen LogP contribution is -2.72. The number of esters is 1. The van der Waals surface area contributed by atoms with E-state index in [-0.39, 0.29) is 53.0 Å². The monoisotopic (exact) mass is 489 g/mol. The quantitative estimate of drug-likeness (QED) is 0.169. The molecule has 2 heterocycles. The first-order valence-electron chi connectivity index (χ1n) is 10.3. The van der Waals surface area contributed by atoms with E-state index in [0.29, 0.717) is 0 Å². The fourth-order valence-electron chi connectivity index (χ4n) is 4.21. The molecule has 29 heavy (non-hydrogen) atoms. The number of carbonyl (C=O) groups excluding carboxylic acids is 2. The van der Waals surface area contributed by atoms with Crippen molar-refractivity contribution < 1.29 is 23.5 Å². The number of amides is 1. The summed E-state index contributed by atoms with van der Waals surface area (Å²) in [7, 11) is -2.03. The third kappa shape index (κ3) is 3.86. The first-order chi connectivity index (χ1) is 13.3. The van der Waals surface area contributed by atoms with E-state index in [4.69, 9.17) is 13.9 Å². The number of rotatable bonds is 8. The minimum Gasteiger partial charge on any atom is -0.458 e. The average molecular weight is 491 g/mol. The van der Waals surface area contributed by atoms with Gasteiger partial charge in [-0.1, -0.05) is 56.3 Å². The smallest absolute Gasteiger partial charge is 0.361 e. The molecule has 2 fully saturated rings. The van der Waals surface area contributed by atoms with Crippen molar-refractivity contribution in [1.82, 2.24) is 4.90 Å². The highest BCUT2D eigenvalue weighted by Gasteiger charge is 2.73. The SMILES string of the molecule is C=CCOC(=O)C1(OCC)C(Br)[C@@H](C)[C@H]2[C@@H]([C@@H](C)O[Si](C)(C)C(C)(C)C)C(=O)N21. The molecule has 2 rings (SSSR count). The number of halogens is 1. The average Bonchev–Trinajstić information content (AvgIpc) is 2.78. The van der Waals surface area contributed by atoms with Gasteiger partial charge in [0.15, 0.2) is 8.32 Å². The molecule has 2 saturated heterocycles. The molecular formula is C21H36BrNO5Si. The van der Waals surface area contributed by atoms with Crippen molar-refractivity contribution >= 4 is 36.1 Å². The van der Waals surface area contributed by atoms with Gasteiger partial charge in [-0.3, -0.25) is 9.69 Å². The Labute approximate surface area is 184 Å². The van der Waals surface area contributed by atoms with Gasteiger partial charge < -0.3 is 13.9 Å². The van der Waals surface area contributed by atoms with E-state index >= 15 is 0 Å². The first-order valence-corrected chi connectivity index (χ1v) is 14.2. The third-order valence-corrected chi connectivity index (χ3v) is 12.7. The van der Waals surface area contributed by atoms with E-state index in [9.17, 15) is 9.59 Å². The summed E-state index contributed by atoms with van der Waals surface area (Å²) in [6.07, 6.45) is 1.28. The predicted octanol–water partition coefficient (Wildman–Crippen LogP) is 4.10. The van der Waals surface area contributed by atoms with Crippen LogP contribution in [0.15, 0.2) is 12.7 Å². The van der Waals surface area contributed by atoms with Crippen molar-refractivity contribution in [3.05, 3.63) is 12.7 Å². The maximum atomic E-state index is 13.3. The Balaban J connectivity index is 2.33. The molecule has 0 aromatic carbocycles. The van der Waals surface area contributed by atoms with Crippen molar-refractivity contribution in [2.24, 2.45) is 11.8 Å². The molecule has 2 unspecified atom stereocenters. The van der Waals surface area contributed by atoms with Crippen LogP contribution in [-0.4, -0.2) is 61.0 Å². The normalized spacial score (nSPS) is 33.1. The van der Waals surface area contributed by atoms with E-state index in [1.54, 1.807) is 4.90 Å². The minimum absolute atomic E-state index is 0.00555. The Morgan fingerprint density at radius 3 is 2.48 bits per heavy atom. The van der Waals surface area contributed by atoms with Gasteiger partial charge in [-0.15, -0.1) is 0 Å². The number of nitrogens with zero attached hydrogens (tertiary/aromatic N) is 1. The summed E-state index contributed by atoms with van der Waals surface area (Å²) in [6, 6.07) is -0.144. The molecule has 0 radical (unpaired) electrons. The predicted molar refractivity (Wildman–Crippen MR) is 119 cm³/mol. The van der Waals surface area contributed by atoms with E-state index in [1.165, 1.54) is 6.08 Å². The fourth-order valence-corrected chi connectivity index (χ4v) is 6.49. The van der Waals surface area contributed by atoms with Crippen LogP contribution in [0.3, 0.4) is 0 Å². The maximum absolute atomic E-state index is 13.3. The van der Waals surface area contributed by atoms with Crippen LogP contribution >= 0.6 is 15.9 Å². The molecule has 0 aromatic rings. The van der Waals surface area contributed by atoms with Crippen LogP contribution in [0, 0.1) is 11.8 Å². The lowest BCUT2D eigenvalue weighted by Gasteiger charge is -2.52. The molecule has 0 aliphatic carbocycles. The molecule has 0 N–H and O–H groups in total. The maximum Gasteiger partial charge on any atom is 0.361 e. The fraction of sp³-hybridized carbons (Fsp3) is 0.810. The summed E-state index contributed by atoms with van der Waals surface area (Å²) in [6.45, 7) is 20.7. The Morgan fingerprint density at radius 2 is 2.00 bits per heavy atom. The molecule has 1 amide bonds. The first kappa shape index (κ1) is 24.6. The number of ether oxygens (including phenoxy) is 2. The molecule has 0 aromatic heterocycles. The second-order valence-electron chi connectivity index (χ2n) is 9.59. The van der Waals surface area contributed by atoms with Crippen molar-refractivity contribution in [2.75, 3.05) is 13.2 Å². The van der Waals surface area contributed by atoms with Gasteiger partial charge in [0, 0.05) is 6.61 Å². The summed E-state index contributed by atoms with van der Waals surface area (Å²) in [5.74, 6) is -0.959. The van der Waals surface area contributed by atoms with Crippen LogP contribution < -0.4 is 0 Å². The number of β-lactam (4-membered cyclic amide) rings is 1. The van der Waals surface area contributed by atoms with Crippen LogP contribution in [0.4, 0.5) is 0 Å². The molecule has 0 saturated carbocycles. The van der Waals surface area contributed by atoms with Crippen LogP contribution in [-0.2, 0) is 23.5 Å². The second-order valence-corrected chi connectivity index (χ2v) is 15.3. The lowest BCUT2D eigenvalue weighted by atomic mass is 9.79. The van der Waals surface area contributed by atoms with Crippen LogP contribution in [0.2, 0.25) is 18.1 Å². The minimum atomic E-state index is -2.03. The Kier molecular flexibility index (Phi) is 7.15. The summed E-state index contributed by atoms with van der Waals surface area (Å²) in [4.78, 5) is 27.5. The van der Waals surface area contributed by atoms with Gasteiger partial charge >= 0.3 is 5.97 Å². The molecule has 0 spiro atoms. The molecule has 2 aliphatic rings. The molecule has 6 atom stereocenters. The Bertz CT molecular complexity index is 664. The molecule has 2 aliphatic heterocycles. The summed E-state index contributed by atoms with van der Waals surface area (Å²) in [5.41, 5.74) is -1.45. The van der Waals surface area contributed by atoms with Gasteiger partial charge in [-0.2, -0.15) is 0 Å². The van der Waals surface area contributed by atoms with Crippen LogP contribution in [0.5, 0.6) is 0 Å². The number of hydrogen-bond donors (Lipinski definition) is 0. The largest absolute Gasteiger partial charge is 0.458 e. The van der Waals surface area contributed by atoms with E-state index in [0.717, 1.165) is 0 Å². The zero-order valence-electron chi connectivity index (χ0n) is 19.0. The number of alkyl halides is 1. The molecular weight excluding hydrogens is 454 g/mol. The number of fused-ring (bicyclic) bond motifs is 1. The summed E-state index contributed by atoms with van der Waals surface area (Å²) < 4.78 is 17.8. The van der Waals surface area contributed by atoms with E-state index < -0.39 is 20.0 Å². The zero-order valence-corrected chi connectivity index (χ0v) is 21.5. The molecule has 8 heteroatoms. The molecule has 166 valence electrons. The van der Waals surface area contributed by atoms with Gasteiger partial charge in [-0.25, -0.2) is 4.79 Å². The topological polar surface area (TPSA) is 65.1 Å². The molecule has 6 nitrogen and oxygen atoms in total. The van der Waals surface area contributed by atoms with E-state index in [1.807, 2.05) is 20.8 Å². The van der Waals surface area contributed by atoms with Crippen molar-refractivity contribution in [2.45, 2.75) is 82.4 Å². The third-order valence-electron chi connectivity index (χ3n) is 6.70. The van der Waals surface area contributed by atoms with Gasteiger partial charge in [0.1, 0.15) is 6.61 Å². The summed E-state index contributed by atoms with van der Waals surface area (Å²) >= 11 is 3.66. The van der Waals surface area contributed by atoms with Gasteiger partial charge in [0.25, 0.3) is 5.72 Å². The van der Waals surface area contributed by atoms with Crippen LogP contribution in [0.1, 0.15) is 41.5 Å². The van der Waals surface area contributed by atoms with Gasteiger partial charge in [-0.05, 0) is 37.9 Å². The highest BCUT2D eigenvalue weighted by atomic mass is 79.9. The Hall–Kier alpha value is -0.703. The number of hydrogen-bond acceptors (Lipinski definition) is 5. The van der Waals surface area contributed by atoms with Crippen molar-refractivity contribution in [3.8, 4) is 0 Å². The van der Waals surface area contributed by atoms with Crippen molar-refractivity contribution in [3.63, 3.8) is 0 Å². The second kappa shape index (κ2) is 8.44. The Morgan fingerprint density at radius 1 is 1.41 bits per heavy atom. The summed E-state index contributed by atoms with van der Waals surface area (Å²) in [5, 5.41) is 0.0521. The zero-order chi connectivity index (χ0) is 22.4. The number of carbonyl (C=O) groups is 2. The van der Waals surface area contributed by atoms with Gasteiger partial charge in [0.2, 0.25) is 5.91 Å². The van der Waals surface area contributed by atoms with Gasteiger partial charge in [0.05, 0.1) is 22.9 Å². The van der Waals surface area contributed by atoms with Crippen LogP contribution in [0.25, 0.3) is 0 Å². The van der Waals surface area contributed by atoms with E-state index in [2.05, 4.69) is 56.4 Å². The van der Waals surface area contributed by atoms with Crippen molar-refractivity contribution in [1.29, 1.82) is 0 Å². The molecule has 0 bridgehead atoms. The standard InChI is InChI=1S/C21H36BrNO5Si/c1-10-12-26-19(25)21(27-11-2)17(22)13(3)16-15(18(24)23(16)21)14(4)28-29(8,9)20(5,6)7/h10,13-17H,1,11-12H2,2-9H3/t13-,14+,15+,16-,17?,21?/m0/s1. The highest BCUT2D eigenvalue weighted by molar-refractivity contribution is 9.09. The highest BCUT2D eigenvalue weighted by Crippen LogP contribution is 2.54. The lowest BCUT2D eigenvalue weighted by molar-refractivity contribution is -0.218.